The predicted molar refractivity (Wildman–Crippen MR) is 121 cm³/mol. The number of benzene rings is 2. The van der Waals surface area contributed by atoms with E-state index >= 15 is 0 Å². The van der Waals surface area contributed by atoms with Gasteiger partial charge in [-0.1, -0.05) is 30.3 Å². The van der Waals surface area contributed by atoms with Crippen LogP contribution in [0.25, 0.3) is 0 Å². The minimum atomic E-state index is -4.66. The van der Waals surface area contributed by atoms with Gasteiger partial charge in [-0.05, 0) is 35.7 Å². The van der Waals surface area contributed by atoms with Gasteiger partial charge < -0.3 is 14.6 Å². The molecule has 0 atom stereocenters. The monoisotopic (exact) mass is 510 g/mol. The first-order valence-corrected chi connectivity index (χ1v) is 10.5. The van der Waals surface area contributed by atoms with Gasteiger partial charge in [0.2, 0.25) is 0 Å². The maximum absolute atomic E-state index is 13.7. The number of rotatable bonds is 7. The Bertz CT molecular complexity index is 1250. The van der Waals surface area contributed by atoms with Crippen LogP contribution in [0.3, 0.4) is 0 Å². The molecule has 1 heterocycles. The lowest BCUT2D eigenvalue weighted by Gasteiger charge is -2.14. The van der Waals surface area contributed by atoms with E-state index in [0.29, 0.717) is 17.6 Å². The van der Waals surface area contributed by atoms with Crippen LogP contribution in [0.15, 0.2) is 59.5 Å². The minimum Gasteiger partial charge on any atom is -0.471 e. The van der Waals surface area contributed by atoms with Gasteiger partial charge in [-0.15, -0.1) is 0 Å². The van der Waals surface area contributed by atoms with E-state index in [0.717, 1.165) is 35.0 Å². The summed E-state index contributed by atoms with van der Waals surface area (Å²) in [6.45, 7) is 0.428. The number of aryl methyl sites for hydroxylation is 1. The number of ether oxygens (including phenoxy) is 1. The Balaban J connectivity index is 0.00000106. The van der Waals surface area contributed by atoms with Crippen molar-refractivity contribution < 1.29 is 36.3 Å². The molecule has 0 unspecified atom stereocenters. The van der Waals surface area contributed by atoms with Gasteiger partial charge in [0.25, 0.3) is 17.9 Å². The topological polar surface area (TPSA) is 77.4 Å². The van der Waals surface area contributed by atoms with Crippen LogP contribution in [0.1, 0.15) is 32.6 Å². The molecule has 3 aromatic rings. The van der Waals surface area contributed by atoms with Gasteiger partial charge in [0.15, 0.2) is 0 Å². The van der Waals surface area contributed by atoms with E-state index in [1.54, 1.807) is 24.3 Å². The fraction of sp³-hybridized carbons (Fsp3) is 0.240. The molecule has 1 aromatic heterocycles. The van der Waals surface area contributed by atoms with E-state index in [9.17, 15) is 31.5 Å². The van der Waals surface area contributed by atoms with Crippen molar-refractivity contribution >= 4 is 12.4 Å². The second-order valence-electron chi connectivity index (χ2n) is 7.55. The summed E-state index contributed by atoms with van der Waals surface area (Å²) in [6, 6.07) is 10.5. The minimum absolute atomic E-state index is 0.0525. The van der Waals surface area contributed by atoms with Crippen LogP contribution in [0.2, 0.25) is 0 Å². The van der Waals surface area contributed by atoms with Crippen molar-refractivity contribution in [2.75, 3.05) is 13.7 Å². The zero-order valence-electron chi connectivity index (χ0n) is 19.4. The molecule has 6 nitrogen and oxygen atoms in total. The van der Waals surface area contributed by atoms with Crippen molar-refractivity contribution in [2.24, 2.45) is 7.05 Å². The highest BCUT2D eigenvalue weighted by Crippen LogP contribution is 2.31. The van der Waals surface area contributed by atoms with Crippen molar-refractivity contribution in [1.82, 2.24) is 9.88 Å². The first kappa shape index (κ1) is 28.2. The van der Waals surface area contributed by atoms with Crippen LogP contribution in [-0.4, -0.2) is 30.6 Å². The van der Waals surface area contributed by atoms with Gasteiger partial charge in [-0.25, -0.2) is 8.78 Å². The highest BCUT2D eigenvalue weighted by molar-refractivity contribution is 5.94. The van der Waals surface area contributed by atoms with Crippen molar-refractivity contribution in [3.05, 3.63) is 105 Å². The fourth-order valence-corrected chi connectivity index (χ4v) is 3.34. The summed E-state index contributed by atoms with van der Waals surface area (Å²) >= 11 is 0. The van der Waals surface area contributed by atoms with Gasteiger partial charge in [0.1, 0.15) is 17.2 Å². The molecule has 0 bridgehead atoms. The zero-order chi connectivity index (χ0) is 26.9. The van der Waals surface area contributed by atoms with Crippen LogP contribution < -0.4 is 10.9 Å². The largest absolute Gasteiger partial charge is 0.471 e. The molecule has 2 aromatic carbocycles. The van der Waals surface area contributed by atoms with E-state index in [4.69, 9.17) is 4.79 Å². The van der Waals surface area contributed by atoms with E-state index in [2.05, 4.69) is 10.1 Å². The van der Waals surface area contributed by atoms with Crippen LogP contribution in [0.5, 0.6) is 0 Å². The van der Waals surface area contributed by atoms with Crippen molar-refractivity contribution in [2.45, 2.75) is 19.0 Å². The summed E-state index contributed by atoms with van der Waals surface area (Å²) in [7, 11) is 2.69. The number of pyridine rings is 1. The molecule has 0 fully saturated rings. The number of aromatic nitrogens is 1. The maximum Gasteiger partial charge on any atom is 0.416 e. The SMILES string of the molecule is COC=O.Cn1ccc(C(F)(F)F)c(Cc2cccc(CCNC(=O)c3c(F)cccc3F)c2)c1=O. The highest BCUT2D eigenvalue weighted by Gasteiger charge is 2.34. The van der Waals surface area contributed by atoms with Crippen LogP contribution in [0.4, 0.5) is 22.0 Å². The Morgan fingerprint density at radius 1 is 1.06 bits per heavy atom. The van der Waals surface area contributed by atoms with Crippen LogP contribution >= 0.6 is 0 Å². The number of carbonyl (C=O) groups is 2. The second-order valence-corrected chi connectivity index (χ2v) is 7.55. The normalized spacial score (nSPS) is 10.8. The van der Waals surface area contributed by atoms with Crippen molar-refractivity contribution in [1.29, 1.82) is 0 Å². The lowest BCUT2D eigenvalue weighted by atomic mass is 9.99. The molecule has 0 saturated carbocycles. The molecular formula is C25H23F5N2O4. The number of hydrogen-bond acceptors (Lipinski definition) is 4. The lowest BCUT2D eigenvalue weighted by Crippen LogP contribution is -2.27. The first-order valence-electron chi connectivity index (χ1n) is 10.5. The number of methoxy groups -OCH3 is 1. The number of nitrogens with zero attached hydrogens (tertiary/aromatic N) is 1. The average Bonchev–Trinajstić information content (AvgIpc) is 2.81. The quantitative estimate of drug-likeness (QED) is 0.385. The van der Waals surface area contributed by atoms with E-state index in [-0.39, 0.29) is 24.9 Å². The molecule has 11 heteroatoms. The highest BCUT2D eigenvalue weighted by atomic mass is 19.4. The van der Waals surface area contributed by atoms with Gasteiger partial charge >= 0.3 is 6.18 Å². The molecule has 0 radical (unpaired) electrons. The van der Waals surface area contributed by atoms with E-state index in [1.807, 2.05) is 0 Å². The average molecular weight is 510 g/mol. The Kier molecular flexibility index (Phi) is 9.89. The summed E-state index contributed by atoms with van der Waals surface area (Å²) in [5.74, 6) is -2.86. The van der Waals surface area contributed by atoms with Gasteiger partial charge in [-0.2, -0.15) is 13.2 Å². The molecule has 0 aliphatic heterocycles. The molecule has 1 N–H and O–H groups in total. The first-order chi connectivity index (χ1) is 17.0. The summed E-state index contributed by atoms with van der Waals surface area (Å²) in [5, 5.41) is 2.42. The number of alkyl halides is 3. The summed E-state index contributed by atoms with van der Waals surface area (Å²) in [6.07, 6.45) is -3.53. The Labute approximate surface area is 203 Å². The summed E-state index contributed by atoms with van der Waals surface area (Å²) < 4.78 is 72.3. The maximum atomic E-state index is 13.7. The Morgan fingerprint density at radius 2 is 1.64 bits per heavy atom. The molecule has 3 rings (SSSR count). The second kappa shape index (κ2) is 12.6. The number of halogens is 5. The lowest BCUT2D eigenvalue weighted by molar-refractivity contribution is -0.138. The number of nitrogens with one attached hydrogen (secondary N) is 1. The smallest absolute Gasteiger partial charge is 0.416 e. The third kappa shape index (κ3) is 7.49. The molecule has 0 aliphatic carbocycles. The third-order valence-corrected chi connectivity index (χ3v) is 5.03. The number of carbonyl (C=O) groups excluding carboxylic acids is 2. The number of amides is 1. The fourth-order valence-electron chi connectivity index (χ4n) is 3.34. The Morgan fingerprint density at radius 3 is 2.22 bits per heavy atom. The van der Waals surface area contributed by atoms with Crippen molar-refractivity contribution in [3.63, 3.8) is 0 Å². The Hall–Kier alpha value is -4.02. The molecule has 0 saturated heterocycles. The third-order valence-electron chi connectivity index (χ3n) is 5.03. The predicted octanol–water partition coefficient (Wildman–Crippen LogP) is 4.03. The molecule has 0 aliphatic rings. The molecule has 1 amide bonds. The molecule has 36 heavy (non-hydrogen) atoms. The van der Waals surface area contributed by atoms with E-state index in [1.165, 1.54) is 14.2 Å². The molecule has 192 valence electrons. The van der Waals surface area contributed by atoms with Crippen molar-refractivity contribution in [3.8, 4) is 0 Å². The van der Waals surface area contributed by atoms with Gasteiger partial charge in [-0.3, -0.25) is 14.4 Å². The van der Waals surface area contributed by atoms with Gasteiger partial charge in [0.05, 0.1) is 12.7 Å². The summed E-state index contributed by atoms with van der Waals surface area (Å²) in [5.41, 5.74) is -1.58. The van der Waals surface area contributed by atoms with E-state index < -0.39 is 40.4 Å². The molecular weight excluding hydrogens is 487 g/mol. The zero-order valence-corrected chi connectivity index (χ0v) is 19.4. The van der Waals surface area contributed by atoms with Gasteiger partial charge in [0, 0.05) is 31.8 Å². The summed E-state index contributed by atoms with van der Waals surface area (Å²) in [4.78, 5) is 33.3. The van der Waals surface area contributed by atoms with Crippen LogP contribution in [-0.2, 0) is 35.6 Å². The standard InChI is InChI=1S/C23H19F5N2O2.C2H4O2/c1-30-11-9-17(23(26,27)28)16(22(30)32)13-15-5-2-4-14(12-15)8-10-29-21(31)20-18(24)6-3-7-19(20)25;1-4-2-3/h2-7,9,11-12H,8,10,13H2,1H3,(H,29,31);2H,1H3. The number of hydrogen-bond donors (Lipinski definition) is 1. The molecule has 0 spiro atoms. The van der Waals surface area contributed by atoms with Crippen LogP contribution in [0, 0.1) is 11.6 Å².